The number of aryl methyl sites for hydroxylation is 1. The van der Waals surface area contributed by atoms with Crippen molar-refractivity contribution in [1.29, 1.82) is 0 Å². The Kier molecular flexibility index (Phi) is 6.82. The Labute approximate surface area is 144 Å². The summed E-state index contributed by atoms with van der Waals surface area (Å²) >= 11 is 0. The molecular weight excluding hydrogens is 300 g/mol. The zero-order valence-electron chi connectivity index (χ0n) is 14.7. The van der Waals surface area contributed by atoms with Crippen molar-refractivity contribution in [3.05, 3.63) is 59.7 Å². The van der Waals surface area contributed by atoms with Crippen molar-refractivity contribution in [2.75, 3.05) is 26.0 Å². The molecule has 0 saturated carbocycles. The van der Waals surface area contributed by atoms with Gasteiger partial charge in [0, 0.05) is 18.2 Å². The Balaban J connectivity index is 1.91. The SMILES string of the molecule is Cc1ccc(OCc2ccccc2)cc1NC(=O)CCCN(C)C. The van der Waals surface area contributed by atoms with Crippen molar-refractivity contribution >= 4 is 11.6 Å². The summed E-state index contributed by atoms with van der Waals surface area (Å²) in [6, 6.07) is 15.8. The molecule has 2 aromatic rings. The van der Waals surface area contributed by atoms with Crippen LogP contribution in [0.25, 0.3) is 0 Å². The Morgan fingerprint density at radius 2 is 1.88 bits per heavy atom. The van der Waals surface area contributed by atoms with Crippen molar-refractivity contribution in [3.8, 4) is 5.75 Å². The lowest BCUT2D eigenvalue weighted by atomic mass is 10.1. The Morgan fingerprint density at radius 3 is 2.58 bits per heavy atom. The molecule has 0 unspecified atom stereocenters. The number of hydrogen-bond donors (Lipinski definition) is 1. The predicted molar refractivity (Wildman–Crippen MR) is 98.4 cm³/mol. The number of nitrogens with one attached hydrogen (secondary N) is 1. The van der Waals surface area contributed by atoms with Crippen LogP contribution in [0.3, 0.4) is 0 Å². The fourth-order valence-corrected chi connectivity index (χ4v) is 2.34. The van der Waals surface area contributed by atoms with Gasteiger partial charge in [-0.2, -0.15) is 0 Å². The molecule has 0 heterocycles. The highest BCUT2D eigenvalue weighted by Crippen LogP contribution is 2.23. The third-order valence-electron chi connectivity index (χ3n) is 3.74. The molecule has 0 bridgehead atoms. The summed E-state index contributed by atoms with van der Waals surface area (Å²) in [5, 5.41) is 2.99. The van der Waals surface area contributed by atoms with Gasteiger partial charge in [0.1, 0.15) is 12.4 Å². The van der Waals surface area contributed by atoms with E-state index >= 15 is 0 Å². The maximum Gasteiger partial charge on any atom is 0.224 e. The number of ether oxygens (including phenoxy) is 1. The zero-order chi connectivity index (χ0) is 17.4. The lowest BCUT2D eigenvalue weighted by Crippen LogP contribution is -2.17. The van der Waals surface area contributed by atoms with Crippen LogP contribution in [0.2, 0.25) is 0 Å². The van der Waals surface area contributed by atoms with E-state index in [1.165, 1.54) is 0 Å². The number of rotatable bonds is 8. The van der Waals surface area contributed by atoms with Gasteiger partial charge in [0.15, 0.2) is 0 Å². The van der Waals surface area contributed by atoms with Gasteiger partial charge >= 0.3 is 0 Å². The molecule has 1 N–H and O–H groups in total. The van der Waals surface area contributed by atoms with Gasteiger partial charge in [-0.25, -0.2) is 0 Å². The lowest BCUT2D eigenvalue weighted by Gasteiger charge is -2.13. The molecule has 0 atom stereocenters. The minimum absolute atomic E-state index is 0.0418. The second kappa shape index (κ2) is 9.08. The summed E-state index contributed by atoms with van der Waals surface area (Å²) in [5.74, 6) is 0.799. The monoisotopic (exact) mass is 326 g/mol. The van der Waals surface area contributed by atoms with Crippen LogP contribution >= 0.6 is 0 Å². The fourth-order valence-electron chi connectivity index (χ4n) is 2.34. The van der Waals surface area contributed by atoms with Crippen molar-refractivity contribution in [2.24, 2.45) is 0 Å². The van der Waals surface area contributed by atoms with E-state index in [0.717, 1.165) is 35.5 Å². The molecule has 0 fully saturated rings. The first-order chi connectivity index (χ1) is 11.5. The largest absolute Gasteiger partial charge is 0.489 e. The van der Waals surface area contributed by atoms with Crippen LogP contribution in [0.5, 0.6) is 5.75 Å². The average Bonchev–Trinajstić information content (AvgIpc) is 2.56. The summed E-state index contributed by atoms with van der Waals surface area (Å²) < 4.78 is 5.82. The Morgan fingerprint density at radius 1 is 1.12 bits per heavy atom. The normalized spacial score (nSPS) is 10.7. The zero-order valence-corrected chi connectivity index (χ0v) is 14.7. The molecule has 2 rings (SSSR count). The van der Waals surface area contributed by atoms with E-state index in [9.17, 15) is 4.79 Å². The second-order valence-electron chi connectivity index (χ2n) is 6.21. The van der Waals surface area contributed by atoms with Gasteiger partial charge in [-0.1, -0.05) is 36.4 Å². The quantitative estimate of drug-likeness (QED) is 0.801. The summed E-state index contributed by atoms with van der Waals surface area (Å²) in [4.78, 5) is 14.1. The molecule has 0 aliphatic rings. The summed E-state index contributed by atoms with van der Waals surface area (Å²) in [7, 11) is 4.02. The van der Waals surface area contributed by atoms with Gasteiger partial charge in [0.25, 0.3) is 0 Å². The topological polar surface area (TPSA) is 41.6 Å². The molecule has 1 amide bonds. The number of hydrogen-bond acceptors (Lipinski definition) is 3. The van der Waals surface area contributed by atoms with E-state index in [1.54, 1.807) is 0 Å². The van der Waals surface area contributed by atoms with E-state index < -0.39 is 0 Å². The van der Waals surface area contributed by atoms with Gasteiger partial charge in [0.2, 0.25) is 5.91 Å². The number of benzene rings is 2. The number of amides is 1. The van der Waals surface area contributed by atoms with Crippen LogP contribution in [-0.4, -0.2) is 31.4 Å². The molecule has 0 aliphatic heterocycles. The second-order valence-corrected chi connectivity index (χ2v) is 6.21. The summed E-state index contributed by atoms with van der Waals surface area (Å²) in [5.41, 5.74) is 2.96. The van der Waals surface area contributed by atoms with E-state index in [1.807, 2.05) is 69.6 Å². The van der Waals surface area contributed by atoms with Crippen LogP contribution in [0.15, 0.2) is 48.5 Å². The fraction of sp³-hybridized carbons (Fsp3) is 0.350. The van der Waals surface area contributed by atoms with Gasteiger partial charge in [-0.15, -0.1) is 0 Å². The third kappa shape index (κ3) is 6.05. The highest BCUT2D eigenvalue weighted by atomic mass is 16.5. The van der Waals surface area contributed by atoms with Crippen LogP contribution in [0, 0.1) is 6.92 Å². The van der Waals surface area contributed by atoms with Crippen LogP contribution in [0.4, 0.5) is 5.69 Å². The summed E-state index contributed by atoms with van der Waals surface area (Å²) in [6.45, 7) is 3.41. The van der Waals surface area contributed by atoms with E-state index in [2.05, 4.69) is 10.2 Å². The van der Waals surface area contributed by atoms with Crippen molar-refractivity contribution < 1.29 is 9.53 Å². The molecule has 4 nitrogen and oxygen atoms in total. The number of anilines is 1. The van der Waals surface area contributed by atoms with Gasteiger partial charge in [-0.05, 0) is 51.2 Å². The molecule has 0 aliphatic carbocycles. The highest BCUT2D eigenvalue weighted by Gasteiger charge is 2.07. The van der Waals surface area contributed by atoms with E-state index in [-0.39, 0.29) is 5.91 Å². The van der Waals surface area contributed by atoms with Gasteiger partial charge in [-0.3, -0.25) is 4.79 Å². The molecule has 128 valence electrons. The van der Waals surface area contributed by atoms with Crippen LogP contribution in [0.1, 0.15) is 24.0 Å². The van der Waals surface area contributed by atoms with Gasteiger partial charge in [0.05, 0.1) is 0 Å². The van der Waals surface area contributed by atoms with Crippen molar-refractivity contribution in [1.82, 2.24) is 4.90 Å². The lowest BCUT2D eigenvalue weighted by molar-refractivity contribution is -0.116. The maximum atomic E-state index is 12.1. The predicted octanol–water partition coefficient (Wildman–Crippen LogP) is 3.85. The molecule has 0 radical (unpaired) electrons. The molecule has 4 heteroatoms. The molecule has 0 aromatic heterocycles. The Bertz CT molecular complexity index is 654. The molecule has 0 saturated heterocycles. The smallest absolute Gasteiger partial charge is 0.224 e. The van der Waals surface area contributed by atoms with Crippen molar-refractivity contribution in [2.45, 2.75) is 26.4 Å². The molecular formula is C20H26N2O2. The number of carbonyl (C=O) groups is 1. The molecule has 2 aromatic carbocycles. The third-order valence-corrected chi connectivity index (χ3v) is 3.74. The van der Waals surface area contributed by atoms with Crippen molar-refractivity contribution in [3.63, 3.8) is 0 Å². The van der Waals surface area contributed by atoms with Crippen LogP contribution < -0.4 is 10.1 Å². The molecule has 24 heavy (non-hydrogen) atoms. The van der Waals surface area contributed by atoms with E-state index in [4.69, 9.17) is 4.74 Å². The standard InChI is InChI=1S/C20H26N2O2/c1-16-11-12-18(24-15-17-8-5-4-6-9-17)14-19(16)21-20(23)10-7-13-22(2)3/h4-6,8-9,11-12,14H,7,10,13,15H2,1-3H3,(H,21,23). The highest BCUT2D eigenvalue weighted by molar-refractivity contribution is 5.91. The first kappa shape index (κ1) is 18.0. The molecule has 0 spiro atoms. The van der Waals surface area contributed by atoms with Crippen LogP contribution in [-0.2, 0) is 11.4 Å². The first-order valence-corrected chi connectivity index (χ1v) is 8.26. The minimum atomic E-state index is 0.0418. The Hall–Kier alpha value is -2.33. The first-order valence-electron chi connectivity index (χ1n) is 8.26. The minimum Gasteiger partial charge on any atom is -0.489 e. The maximum absolute atomic E-state index is 12.1. The van der Waals surface area contributed by atoms with Gasteiger partial charge < -0.3 is 15.0 Å². The van der Waals surface area contributed by atoms with E-state index in [0.29, 0.717) is 13.0 Å². The number of nitrogens with zero attached hydrogens (tertiary/aromatic N) is 1. The number of carbonyl (C=O) groups excluding carboxylic acids is 1. The average molecular weight is 326 g/mol. The summed E-state index contributed by atoms with van der Waals surface area (Å²) in [6.07, 6.45) is 1.37.